The Hall–Kier alpha value is -2.86. The van der Waals surface area contributed by atoms with Gasteiger partial charge in [0.25, 0.3) is 11.8 Å². The number of amides is 2. The Balaban J connectivity index is 1.55. The van der Waals surface area contributed by atoms with Crippen molar-refractivity contribution in [3.8, 4) is 5.75 Å². The number of hydrogen-bond acceptors (Lipinski definition) is 4. The van der Waals surface area contributed by atoms with Gasteiger partial charge in [0.2, 0.25) is 0 Å². The molecule has 1 saturated heterocycles. The van der Waals surface area contributed by atoms with E-state index >= 15 is 0 Å². The van der Waals surface area contributed by atoms with E-state index in [1.807, 2.05) is 31.2 Å². The fraction of sp³-hybridized carbons (Fsp3) is 0.263. The molecule has 1 fully saturated rings. The van der Waals surface area contributed by atoms with Gasteiger partial charge in [0.15, 0.2) is 6.61 Å². The highest BCUT2D eigenvalue weighted by molar-refractivity contribution is 5.96. The summed E-state index contributed by atoms with van der Waals surface area (Å²) in [5.74, 6) is 0.395. The van der Waals surface area contributed by atoms with Gasteiger partial charge in [-0.25, -0.2) is 0 Å². The molecule has 2 aromatic carbocycles. The molecule has 2 aromatic rings. The Morgan fingerprint density at radius 1 is 1.20 bits per heavy atom. The lowest BCUT2D eigenvalue weighted by Gasteiger charge is -2.26. The minimum Gasteiger partial charge on any atom is -0.483 e. The first kappa shape index (κ1) is 17.0. The maximum Gasteiger partial charge on any atom is 0.262 e. The SMILES string of the molecule is Cc1ccccc1OCC(=O)Nc1ccc(N2CCOCC2=O)cc1. The molecular weight excluding hydrogens is 320 g/mol. The first-order valence-corrected chi connectivity index (χ1v) is 8.10. The summed E-state index contributed by atoms with van der Waals surface area (Å²) < 4.78 is 10.6. The van der Waals surface area contributed by atoms with Crippen molar-refractivity contribution in [2.45, 2.75) is 6.92 Å². The molecule has 0 radical (unpaired) electrons. The van der Waals surface area contributed by atoms with E-state index in [-0.39, 0.29) is 25.0 Å². The third-order valence-corrected chi connectivity index (χ3v) is 3.90. The van der Waals surface area contributed by atoms with Crippen LogP contribution in [0.2, 0.25) is 0 Å². The quantitative estimate of drug-likeness (QED) is 0.907. The highest BCUT2D eigenvalue weighted by Gasteiger charge is 2.19. The number of anilines is 2. The highest BCUT2D eigenvalue weighted by Crippen LogP contribution is 2.20. The van der Waals surface area contributed by atoms with E-state index in [0.29, 0.717) is 24.6 Å². The van der Waals surface area contributed by atoms with Gasteiger partial charge in [0.05, 0.1) is 6.61 Å². The van der Waals surface area contributed by atoms with Gasteiger partial charge in [-0.15, -0.1) is 0 Å². The van der Waals surface area contributed by atoms with Crippen LogP contribution in [0, 0.1) is 6.92 Å². The van der Waals surface area contributed by atoms with Crippen LogP contribution in [0.1, 0.15) is 5.56 Å². The molecule has 6 nitrogen and oxygen atoms in total. The van der Waals surface area contributed by atoms with Gasteiger partial charge < -0.3 is 19.7 Å². The van der Waals surface area contributed by atoms with E-state index in [4.69, 9.17) is 9.47 Å². The van der Waals surface area contributed by atoms with Crippen LogP contribution in [-0.2, 0) is 14.3 Å². The number of ether oxygens (including phenoxy) is 2. The van der Waals surface area contributed by atoms with Crippen LogP contribution in [0.5, 0.6) is 5.75 Å². The van der Waals surface area contributed by atoms with Gasteiger partial charge in [-0.2, -0.15) is 0 Å². The van der Waals surface area contributed by atoms with E-state index in [1.54, 1.807) is 29.2 Å². The molecule has 0 unspecified atom stereocenters. The first-order valence-electron chi connectivity index (χ1n) is 8.10. The van der Waals surface area contributed by atoms with E-state index in [2.05, 4.69) is 5.32 Å². The van der Waals surface area contributed by atoms with Crippen LogP contribution in [0.25, 0.3) is 0 Å². The van der Waals surface area contributed by atoms with Crippen molar-refractivity contribution in [3.05, 3.63) is 54.1 Å². The third kappa shape index (κ3) is 4.36. The van der Waals surface area contributed by atoms with Gasteiger partial charge in [0, 0.05) is 17.9 Å². The van der Waals surface area contributed by atoms with Crippen LogP contribution in [0.15, 0.2) is 48.5 Å². The molecular formula is C19H20N2O4. The molecule has 0 saturated carbocycles. The molecule has 6 heteroatoms. The number of nitrogens with zero attached hydrogens (tertiary/aromatic N) is 1. The lowest BCUT2D eigenvalue weighted by atomic mass is 10.2. The zero-order valence-corrected chi connectivity index (χ0v) is 14.0. The maximum atomic E-state index is 12.0. The second-order valence-corrected chi connectivity index (χ2v) is 5.75. The second-order valence-electron chi connectivity index (χ2n) is 5.75. The summed E-state index contributed by atoms with van der Waals surface area (Å²) in [6, 6.07) is 14.7. The average molecular weight is 340 g/mol. The Morgan fingerprint density at radius 3 is 2.68 bits per heavy atom. The normalized spacial score (nSPS) is 14.3. The Labute approximate surface area is 146 Å². The molecule has 1 heterocycles. The molecule has 2 amide bonds. The van der Waals surface area contributed by atoms with Crippen LogP contribution in [0.3, 0.4) is 0 Å². The largest absolute Gasteiger partial charge is 0.483 e. The summed E-state index contributed by atoms with van der Waals surface area (Å²) in [6.45, 7) is 3.04. The van der Waals surface area contributed by atoms with E-state index in [0.717, 1.165) is 11.3 Å². The summed E-state index contributed by atoms with van der Waals surface area (Å²) in [5.41, 5.74) is 2.43. The number of carbonyl (C=O) groups is 2. The molecule has 0 atom stereocenters. The predicted molar refractivity (Wildman–Crippen MR) is 94.9 cm³/mol. The number of rotatable bonds is 5. The topological polar surface area (TPSA) is 67.9 Å². The molecule has 0 aliphatic carbocycles. The molecule has 1 aliphatic rings. The number of aryl methyl sites for hydroxylation is 1. The number of para-hydroxylation sites is 1. The molecule has 1 aliphatic heterocycles. The lowest BCUT2D eigenvalue weighted by Crippen LogP contribution is -2.41. The monoisotopic (exact) mass is 340 g/mol. The Kier molecular flexibility index (Phi) is 5.30. The Morgan fingerprint density at radius 2 is 1.96 bits per heavy atom. The van der Waals surface area contributed by atoms with Crippen molar-refractivity contribution in [3.63, 3.8) is 0 Å². The number of nitrogens with one attached hydrogen (secondary N) is 1. The van der Waals surface area contributed by atoms with Gasteiger partial charge in [0.1, 0.15) is 12.4 Å². The first-order chi connectivity index (χ1) is 12.1. The highest BCUT2D eigenvalue weighted by atomic mass is 16.5. The minimum atomic E-state index is -0.238. The molecule has 0 aromatic heterocycles. The van der Waals surface area contributed by atoms with Crippen molar-refractivity contribution < 1.29 is 19.1 Å². The van der Waals surface area contributed by atoms with Gasteiger partial charge >= 0.3 is 0 Å². The van der Waals surface area contributed by atoms with Crippen molar-refractivity contribution >= 4 is 23.2 Å². The Bertz CT molecular complexity index is 758. The predicted octanol–water partition coefficient (Wildman–Crippen LogP) is 2.38. The average Bonchev–Trinajstić information content (AvgIpc) is 2.62. The fourth-order valence-corrected chi connectivity index (χ4v) is 2.57. The van der Waals surface area contributed by atoms with Gasteiger partial charge in [-0.3, -0.25) is 9.59 Å². The lowest BCUT2D eigenvalue weighted by molar-refractivity contribution is -0.125. The van der Waals surface area contributed by atoms with Crippen molar-refractivity contribution in [2.24, 2.45) is 0 Å². The van der Waals surface area contributed by atoms with E-state index in [9.17, 15) is 9.59 Å². The maximum absolute atomic E-state index is 12.0. The molecule has 3 rings (SSSR count). The van der Waals surface area contributed by atoms with Crippen molar-refractivity contribution in [1.82, 2.24) is 0 Å². The summed E-state index contributed by atoms with van der Waals surface area (Å²) in [5, 5.41) is 2.78. The van der Waals surface area contributed by atoms with Crippen LogP contribution in [0.4, 0.5) is 11.4 Å². The molecule has 0 spiro atoms. The zero-order valence-electron chi connectivity index (χ0n) is 14.0. The summed E-state index contributed by atoms with van der Waals surface area (Å²) >= 11 is 0. The van der Waals surface area contributed by atoms with Crippen molar-refractivity contribution in [1.29, 1.82) is 0 Å². The number of hydrogen-bond donors (Lipinski definition) is 1. The van der Waals surface area contributed by atoms with Crippen LogP contribution >= 0.6 is 0 Å². The molecule has 25 heavy (non-hydrogen) atoms. The van der Waals surface area contributed by atoms with E-state index < -0.39 is 0 Å². The van der Waals surface area contributed by atoms with Gasteiger partial charge in [-0.05, 0) is 42.8 Å². The third-order valence-electron chi connectivity index (χ3n) is 3.90. The summed E-state index contributed by atoms with van der Waals surface area (Å²) in [6.07, 6.45) is 0. The smallest absolute Gasteiger partial charge is 0.262 e. The number of morpholine rings is 1. The number of carbonyl (C=O) groups excluding carboxylic acids is 2. The fourth-order valence-electron chi connectivity index (χ4n) is 2.57. The van der Waals surface area contributed by atoms with Crippen LogP contribution < -0.4 is 15.0 Å². The standard InChI is InChI=1S/C19H20N2O4/c1-14-4-2-3-5-17(14)25-12-18(22)20-15-6-8-16(9-7-15)21-10-11-24-13-19(21)23/h2-9H,10-13H2,1H3,(H,20,22). The minimum absolute atomic E-state index is 0.0605. The van der Waals surface area contributed by atoms with Crippen LogP contribution in [-0.4, -0.2) is 38.2 Å². The van der Waals surface area contributed by atoms with Crippen molar-refractivity contribution in [2.75, 3.05) is 36.6 Å². The summed E-state index contributed by atoms with van der Waals surface area (Å²) in [7, 11) is 0. The van der Waals surface area contributed by atoms with Gasteiger partial charge in [-0.1, -0.05) is 18.2 Å². The van der Waals surface area contributed by atoms with E-state index in [1.165, 1.54) is 0 Å². The molecule has 0 bridgehead atoms. The molecule has 130 valence electrons. The summed E-state index contributed by atoms with van der Waals surface area (Å²) in [4.78, 5) is 25.5. The molecule has 1 N–H and O–H groups in total. The zero-order chi connectivity index (χ0) is 17.6. The second kappa shape index (κ2) is 7.81. The number of benzene rings is 2.